The zero-order valence-corrected chi connectivity index (χ0v) is 17.6. The summed E-state index contributed by atoms with van der Waals surface area (Å²) in [6.45, 7) is 7.95. The van der Waals surface area contributed by atoms with Crippen LogP contribution >= 0.6 is 0 Å². The summed E-state index contributed by atoms with van der Waals surface area (Å²) in [5.41, 5.74) is 2.72. The Balaban J connectivity index is 2.12. The highest BCUT2D eigenvalue weighted by molar-refractivity contribution is 7.87. The molecule has 0 aromatic heterocycles. The number of hydrogen-bond acceptors (Lipinski definition) is 4. The lowest BCUT2D eigenvalue weighted by Crippen LogP contribution is -2.40. The van der Waals surface area contributed by atoms with Gasteiger partial charge in [-0.15, -0.1) is 0 Å². The summed E-state index contributed by atoms with van der Waals surface area (Å²) < 4.78 is 28.1. The van der Waals surface area contributed by atoms with Crippen molar-refractivity contribution in [2.45, 2.75) is 46.7 Å². The van der Waals surface area contributed by atoms with Crippen molar-refractivity contribution in [3.05, 3.63) is 59.7 Å². The summed E-state index contributed by atoms with van der Waals surface area (Å²) >= 11 is 0. The van der Waals surface area contributed by atoms with Crippen molar-refractivity contribution in [3.8, 4) is 5.75 Å². The number of nitrogens with one attached hydrogen (secondary N) is 1. The van der Waals surface area contributed by atoms with E-state index in [0.29, 0.717) is 6.54 Å². The maximum absolute atomic E-state index is 12.8. The van der Waals surface area contributed by atoms with Crippen LogP contribution in [-0.4, -0.2) is 31.1 Å². The predicted octanol–water partition coefficient (Wildman–Crippen LogP) is 4.56. The lowest BCUT2D eigenvalue weighted by Gasteiger charge is -2.29. The van der Waals surface area contributed by atoms with E-state index in [2.05, 4.69) is 5.32 Å². The summed E-state index contributed by atoms with van der Waals surface area (Å²) in [5.74, 6) is 0.181. The van der Waals surface area contributed by atoms with Crippen LogP contribution < -0.4 is 9.50 Å². The second-order valence-corrected chi connectivity index (χ2v) is 8.62. The summed E-state index contributed by atoms with van der Waals surface area (Å²) in [6.07, 6.45) is 0.817. The minimum atomic E-state index is -3.55. The Morgan fingerprint density at radius 2 is 1.82 bits per heavy atom. The van der Waals surface area contributed by atoms with Crippen LogP contribution in [0.2, 0.25) is 0 Å². The highest BCUT2D eigenvalue weighted by Gasteiger charge is 2.20. The van der Waals surface area contributed by atoms with Crippen molar-refractivity contribution < 1.29 is 17.4 Å². The van der Waals surface area contributed by atoms with Gasteiger partial charge in [-0.1, -0.05) is 31.2 Å². The number of nitrogens with zero attached hydrogens (tertiary/aromatic N) is 1. The first kappa shape index (κ1) is 21.8. The van der Waals surface area contributed by atoms with Crippen LogP contribution in [0.4, 0.5) is 10.5 Å². The molecule has 1 atom stereocenters. The van der Waals surface area contributed by atoms with E-state index in [4.69, 9.17) is 4.18 Å². The fourth-order valence-corrected chi connectivity index (χ4v) is 3.14. The molecule has 152 valence electrons. The van der Waals surface area contributed by atoms with Gasteiger partial charge in [-0.2, -0.15) is 8.42 Å². The average Bonchev–Trinajstić information content (AvgIpc) is 2.66. The summed E-state index contributed by atoms with van der Waals surface area (Å²) in [4.78, 5) is 14.6. The van der Waals surface area contributed by atoms with Crippen LogP contribution in [-0.2, 0) is 16.7 Å². The van der Waals surface area contributed by atoms with Crippen molar-refractivity contribution in [1.29, 1.82) is 0 Å². The second-order valence-electron chi connectivity index (χ2n) is 6.76. The first-order valence-corrected chi connectivity index (χ1v) is 11.0. The van der Waals surface area contributed by atoms with Crippen molar-refractivity contribution in [2.24, 2.45) is 0 Å². The number of amides is 2. The molecule has 0 aliphatic carbocycles. The second kappa shape index (κ2) is 9.59. The van der Waals surface area contributed by atoms with Gasteiger partial charge in [-0.3, -0.25) is 0 Å². The van der Waals surface area contributed by atoms with Crippen LogP contribution in [0.3, 0.4) is 0 Å². The number of carbonyl (C=O) groups is 1. The van der Waals surface area contributed by atoms with E-state index >= 15 is 0 Å². The van der Waals surface area contributed by atoms with Gasteiger partial charge in [0.25, 0.3) is 0 Å². The smallest absolute Gasteiger partial charge is 0.322 e. The number of benzene rings is 2. The fourth-order valence-electron chi connectivity index (χ4n) is 2.62. The Morgan fingerprint density at radius 1 is 1.14 bits per heavy atom. The molecule has 2 aromatic rings. The lowest BCUT2D eigenvalue weighted by molar-refractivity contribution is 0.187. The minimum absolute atomic E-state index is 0.0428. The van der Waals surface area contributed by atoms with Gasteiger partial charge in [0.2, 0.25) is 0 Å². The molecule has 1 N–H and O–H groups in total. The number of rotatable bonds is 8. The Kier molecular flexibility index (Phi) is 7.45. The first-order valence-electron chi connectivity index (χ1n) is 9.39. The largest absolute Gasteiger partial charge is 0.382 e. The molecule has 0 aliphatic heterocycles. The van der Waals surface area contributed by atoms with Gasteiger partial charge in [0.1, 0.15) is 5.75 Å². The van der Waals surface area contributed by atoms with E-state index in [9.17, 15) is 13.2 Å². The van der Waals surface area contributed by atoms with Crippen LogP contribution in [0, 0.1) is 6.92 Å². The molecule has 0 saturated heterocycles. The number of urea groups is 1. The van der Waals surface area contributed by atoms with Crippen LogP contribution in [0.15, 0.2) is 48.5 Å². The molecule has 0 unspecified atom stereocenters. The summed E-state index contributed by atoms with van der Waals surface area (Å²) in [7, 11) is -3.55. The van der Waals surface area contributed by atoms with Crippen molar-refractivity contribution >= 4 is 21.8 Å². The lowest BCUT2D eigenvalue weighted by atomic mass is 10.1. The zero-order valence-electron chi connectivity index (χ0n) is 16.8. The van der Waals surface area contributed by atoms with Gasteiger partial charge in [0, 0.05) is 18.3 Å². The SMILES string of the molecule is CC[C@H](C)N(Cc1ccc(OS(=O)(=O)CC)cc1)C(=O)Nc1cccc(C)c1. The first-order chi connectivity index (χ1) is 13.2. The van der Waals surface area contributed by atoms with Gasteiger partial charge in [-0.05, 0) is 62.6 Å². The van der Waals surface area contributed by atoms with Crippen LogP contribution in [0.5, 0.6) is 5.75 Å². The molecule has 28 heavy (non-hydrogen) atoms. The molecule has 0 heterocycles. The van der Waals surface area contributed by atoms with Crippen molar-refractivity contribution in [1.82, 2.24) is 4.90 Å². The Labute approximate surface area is 167 Å². The van der Waals surface area contributed by atoms with E-state index in [1.807, 2.05) is 45.0 Å². The highest BCUT2D eigenvalue weighted by atomic mass is 32.2. The Hall–Kier alpha value is -2.54. The zero-order chi connectivity index (χ0) is 20.7. The van der Waals surface area contributed by atoms with Crippen LogP contribution in [0.1, 0.15) is 38.3 Å². The third-order valence-corrected chi connectivity index (χ3v) is 5.66. The van der Waals surface area contributed by atoms with Gasteiger partial charge < -0.3 is 14.4 Å². The minimum Gasteiger partial charge on any atom is -0.382 e. The van der Waals surface area contributed by atoms with Gasteiger partial charge in [0.05, 0.1) is 5.75 Å². The number of carbonyl (C=O) groups excluding carboxylic acids is 1. The third kappa shape index (κ3) is 6.27. The molecule has 6 nitrogen and oxygen atoms in total. The molecule has 0 spiro atoms. The van der Waals surface area contributed by atoms with E-state index in [1.54, 1.807) is 29.2 Å². The molecule has 2 amide bonds. The molecule has 0 fully saturated rings. The quantitative estimate of drug-likeness (QED) is 0.655. The maximum atomic E-state index is 12.8. The topological polar surface area (TPSA) is 75.7 Å². The van der Waals surface area contributed by atoms with E-state index < -0.39 is 10.1 Å². The monoisotopic (exact) mass is 404 g/mol. The van der Waals surface area contributed by atoms with Gasteiger partial charge in [0.15, 0.2) is 0 Å². The fraction of sp³-hybridized carbons (Fsp3) is 0.381. The summed E-state index contributed by atoms with van der Waals surface area (Å²) in [6, 6.07) is 14.3. The van der Waals surface area contributed by atoms with Gasteiger partial charge >= 0.3 is 16.1 Å². The normalized spacial score (nSPS) is 12.3. The van der Waals surface area contributed by atoms with Crippen molar-refractivity contribution in [3.63, 3.8) is 0 Å². The number of hydrogen-bond donors (Lipinski definition) is 1. The molecule has 2 rings (SSSR count). The molecule has 2 aromatic carbocycles. The van der Waals surface area contributed by atoms with Crippen LogP contribution in [0.25, 0.3) is 0 Å². The number of aryl methyl sites for hydroxylation is 1. The molecule has 0 aliphatic rings. The van der Waals surface area contributed by atoms with E-state index in [0.717, 1.165) is 23.2 Å². The predicted molar refractivity (Wildman–Crippen MR) is 112 cm³/mol. The average molecular weight is 405 g/mol. The third-order valence-electron chi connectivity index (χ3n) is 4.51. The molecule has 7 heteroatoms. The van der Waals surface area contributed by atoms with Crippen molar-refractivity contribution in [2.75, 3.05) is 11.1 Å². The highest BCUT2D eigenvalue weighted by Crippen LogP contribution is 2.19. The standard InChI is InChI=1S/C21H28N2O4S/c1-5-17(4)23(21(24)22-19-9-7-8-16(3)14-19)15-18-10-12-20(13-11-18)27-28(25,26)6-2/h7-14,17H,5-6,15H2,1-4H3,(H,22,24)/t17-/m0/s1. The Bertz CT molecular complexity index is 895. The maximum Gasteiger partial charge on any atom is 0.322 e. The molecular weight excluding hydrogens is 376 g/mol. The summed E-state index contributed by atoms with van der Waals surface area (Å²) in [5, 5.41) is 2.95. The van der Waals surface area contributed by atoms with E-state index in [-0.39, 0.29) is 23.6 Å². The molecule has 0 saturated carbocycles. The number of anilines is 1. The van der Waals surface area contributed by atoms with Gasteiger partial charge in [-0.25, -0.2) is 4.79 Å². The Morgan fingerprint density at radius 3 is 2.39 bits per heavy atom. The van der Waals surface area contributed by atoms with E-state index in [1.165, 1.54) is 6.92 Å². The molecule has 0 bridgehead atoms. The molecule has 0 radical (unpaired) electrons. The molecular formula is C21H28N2O4S.